The average Bonchev–Trinajstić information content (AvgIpc) is 3.50. The Morgan fingerprint density at radius 1 is 1.03 bits per heavy atom. The van der Waals surface area contributed by atoms with E-state index in [-0.39, 0.29) is 17.7 Å². The van der Waals surface area contributed by atoms with Crippen molar-refractivity contribution in [1.82, 2.24) is 14.8 Å². The van der Waals surface area contributed by atoms with Crippen molar-refractivity contribution in [2.45, 2.75) is 26.3 Å². The van der Waals surface area contributed by atoms with Crippen LogP contribution in [0, 0.1) is 12.8 Å². The maximum absolute atomic E-state index is 13.2. The van der Waals surface area contributed by atoms with Gasteiger partial charge in [0.1, 0.15) is 10.8 Å². The summed E-state index contributed by atoms with van der Waals surface area (Å²) in [4.78, 5) is 28.5. The molecule has 3 heterocycles. The number of methoxy groups -OCH3 is 1. The van der Waals surface area contributed by atoms with E-state index in [1.54, 1.807) is 7.11 Å². The Bertz CT molecular complexity index is 1360. The van der Waals surface area contributed by atoms with E-state index in [2.05, 4.69) is 35.0 Å². The lowest BCUT2D eigenvalue weighted by Crippen LogP contribution is -2.42. The number of nitrogens with zero attached hydrogens (tertiary/aromatic N) is 2. The molecular formula is C28H29N3O3S. The number of amides is 2. The number of hydrogen-bond acceptors (Lipinski definition) is 4. The molecule has 1 fully saturated rings. The van der Waals surface area contributed by atoms with Gasteiger partial charge in [0.15, 0.2) is 0 Å². The third-order valence-corrected chi connectivity index (χ3v) is 7.77. The highest BCUT2D eigenvalue weighted by atomic mass is 32.1. The fraction of sp³-hybridized carbons (Fsp3) is 0.286. The number of aryl methyl sites for hydroxylation is 1. The van der Waals surface area contributed by atoms with E-state index < -0.39 is 0 Å². The molecule has 0 atom stereocenters. The van der Waals surface area contributed by atoms with Crippen LogP contribution in [0.3, 0.4) is 0 Å². The van der Waals surface area contributed by atoms with Crippen LogP contribution in [0.2, 0.25) is 0 Å². The van der Waals surface area contributed by atoms with E-state index in [1.165, 1.54) is 16.7 Å². The van der Waals surface area contributed by atoms with E-state index in [0.29, 0.717) is 32.5 Å². The Morgan fingerprint density at radius 2 is 1.77 bits per heavy atom. The maximum Gasteiger partial charge on any atom is 0.263 e. The van der Waals surface area contributed by atoms with Crippen molar-refractivity contribution < 1.29 is 14.3 Å². The number of thiophene rings is 1. The SMILES string of the molecule is COc1ccccc1CNC(=O)C1CCN(C(=O)c2ccc(-n3c(C)cc4ccccc43)s2)CC1. The topological polar surface area (TPSA) is 63.6 Å². The third-order valence-electron chi connectivity index (χ3n) is 6.72. The number of nitrogens with one attached hydrogen (secondary N) is 1. The number of carbonyl (C=O) groups is 2. The van der Waals surface area contributed by atoms with Gasteiger partial charge in [-0.2, -0.15) is 0 Å². The smallest absolute Gasteiger partial charge is 0.263 e. The van der Waals surface area contributed by atoms with Crippen LogP contribution in [0.15, 0.2) is 66.7 Å². The molecule has 0 radical (unpaired) electrons. The summed E-state index contributed by atoms with van der Waals surface area (Å²) in [7, 11) is 1.63. The molecule has 0 bridgehead atoms. The number of carbonyl (C=O) groups excluding carboxylic acids is 2. The standard InChI is InChI=1S/C28H29N3O3S/c1-19-17-21-7-3-5-9-23(21)31(19)26-12-11-25(35-26)28(33)30-15-13-20(14-16-30)27(32)29-18-22-8-4-6-10-24(22)34-2/h3-12,17,20H,13-16,18H2,1-2H3,(H,29,32). The molecule has 7 heteroatoms. The summed E-state index contributed by atoms with van der Waals surface area (Å²) in [5.74, 6) is 0.771. The van der Waals surface area contributed by atoms with Gasteiger partial charge in [0.05, 0.1) is 17.5 Å². The van der Waals surface area contributed by atoms with Crippen LogP contribution in [0.4, 0.5) is 0 Å². The molecule has 0 spiro atoms. The molecule has 1 aliphatic rings. The molecule has 0 saturated carbocycles. The van der Waals surface area contributed by atoms with Crippen LogP contribution in [0.5, 0.6) is 5.75 Å². The molecule has 6 nitrogen and oxygen atoms in total. The fourth-order valence-electron chi connectivity index (χ4n) is 4.82. The number of hydrogen-bond donors (Lipinski definition) is 1. The molecule has 2 amide bonds. The number of piperidine rings is 1. The summed E-state index contributed by atoms with van der Waals surface area (Å²) in [6.45, 7) is 3.70. The van der Waals surface area contributed by atoms with Gasteiger partial charge in [-0.3, -0.25) is 9.59 Å². The lowest BCUT2D eigenvalue weighted by atomic mass is 9.95. The van der Waals surface area contributed by atoms with Crippen LogP contribution in [0.1, 0.15) is 33.8 Å². The van der Waals surface area contributed by atoms with Crippen LogP contribution >= 0.6 is 11.3 Å². The minimum Gasteiger partial charge on any atom is -0.496 e. The molecule has 0 aliphatic carbocycles. The van der Waals surface area contributed by atoms with Crippen molar-refractivity contribution in [2.24, 2.45) is 5.92 Å². The first kappa shape index (κ1) is 23.2. The molecule has 1 aliphatic heterocycles. The van der Waals surface area contributed by atoms with Gasteiger partial charge in [-0.1, -0.05) is 36.4 Å². The molecule has 2 aromatic carbocycles. The fourth-order valence-corrected chi connectivity index (χ4v) is 5.87. The van der Waals surface area contributed by atoms with E-state index in [0.717, 1.165) is 32.4 Å². The zero-order chi connectivity index (χ0) is 24.4. The van der Waals surface area contributed by atoms with Gasteiger partial charge in [0.2, 0.25) is 5.91 Å². The van der Waals surface area contributed by atoms with Gasteiger partial charge >= 0.3 is 0 Å². The van der Waals surface area contributed by atoms with E-state index >= 15 is 0 Å². The molecule has 180 valence electrons. The molecule has 1 saturated heterocycles. The predicted octanol–water partition coefficient (Wildman–Crippen LogP) is 5.18. The van der Waals surface area contributed by atoms with E-state index in [1.807, 2.05) is 53.4 Å². The molecule has 5 rings (SSSR count). The summed E-state index contributed by atoms with van der Waals surface area (Å²) in [5, 5.41) is 5.27. The molecular weight excluding hydrogens is 458 g/mol. The highest BCUT2D eigenvalue weighted by Crippen LogP contribution is 2.30. The Balaban J connectivity index is 1.19. The molecule has 0 unspecified atom stereocenters. The number of ether oxygens (including phenoxy) is 1. The van der Waals surface area contributed by atoms with Crippen LogP contribution in [0.25, 0.3) is 15.9 Å². The second kappa shape index (κ2) is 9.96. The normalized spacial score (nSPS) is 14.3. The lowest BCUT2D eigenvalue weighted by Gasteiger charge is -2.31. The summed E-state index contributed by atoms with van der Waals surface area (Å²) < 4.78 is 7.57. The average molecular weight is 488 g/mol. The predicted molar refractivity (Wildman–Crippen MR) is 139 cm³/mol. The lowest BCUT2D eigenvalue weighted by molar-refractivity contribution is -0.126. The van der Waals surface area contributed by atoms with E-state index in [9.17, 15) is 9.59 Å². The minimum atomic E-state index is -0.0819. The number of benzene rings is 2. The van der Waals surface area contributed by atoms with Gasteiger partial charge in [0.25, 0.3) is 5.91 Å². The quantitative estimate of drug-likeness (QED) is 0.408. The molecule has 4 aromatic rings. The summed E-state index contributed by atoms with van der Waals surface area (Å²) in [6.07, 6.45) is 1.34. The number of likely N-dealkylation sites (tertiary alicyclic amines) is 1. The van der Waals surface area contributed by atoms with Gasteiger partial charge in [-0.05, 0) is 50.1 Å². The second-order valence-electron chi connectivity index (χ2n) is 8.91. The highest BCUT2D eigenvalue weighted by molar-refractivity contribution is 7.16. The van der Waals surface area contributed by atoms with E-state index in [4.69, 9.17) is 4.74 Å². The molecule has 1 N–H and O–H groups in total. The van der Waals surface area contributed by atoms with Gasteiger partial charge < -0.3 is 19.5 Å². The Kier molecular flexibility index (Phi) is 6.59. The third kappa shape index (κ3) is 4.68. The Labute approximate surface area is 209 Å². The van der Waals surface area contributed by atoms with Crippen LogP contribution in [-0.4, -0.2) is 41.5 Å². The first-order valence-electron chi connectivity index (χ1n) is 11.9. The first-order chi connectivity index (χ1) is 17.0. The molecule has 2 aromatic heterocycles. The van der Waals surface area contributed by atoms with Crippen molar-refractivity contribution in [2.75, 3.05) is 20.2 Å². The molecule has 35 heavy (non-hydrogen) atoms. The second-order valence-corrected chi connectivity index (χ2v) is 9.98. The summed E-state index contributed by atoms with van der Waals surface area (Å²) >= 11 is 1.52. The maximum atomic E-state index is 13.2. The summed E-state index contributed by atoms with van der Waals surface area (Å²) in [5.41, 5.74) is 3.24. The number of aromatic nitrogens is 1. The number of rotatable bonds is 6. The minimum absolute atomic E-state index is 0.0383. The van der Waals surface area contributed by atoms with Crippen molar-refractivity contribution in [3.05, 3.63) is 82.9 Å². The first-order valence-corrected chi connectivity index (χ1v) is 12.7. The Morgan fingerprint density at radius 3 is 2.57 bits per heavy atom. The zero-order valence-electron chi connectivity index (χ0n) is 20.0. The van der Waals surface area contributed by atoms with Crippen molar-refractivity contribution in [3.8, 4) is 10.8 Å². The number of para-hydroxylation sites is 2. The Hall–Kier alpha value is -3.58. The largest absolute Gasteiger partial charge is 0.496 e. The van der Waals surface area contributed by atoms with Crippen LogP contribution in [-0.2, 0) is 11.3 Å². The van der Waals surface area contributed by atoms with Crippen LogP contribution < -0.4 is 10.1 Å². The summed E-state index contributed by atoms with van der Waals surface area (Å²) in [6, 6.07) is 22.1. The van der Waals surface area contributed by atoms with Crippen molar-refractivity contribution >= 4 is 34.1 Å². The zero-order valence-corrected chi connectivity index (χ0v) is 20.8. The van der Waals surface area contributed by atoms with Gasteiger partial charge in [-0.15, -0.1) is 11.3 Å². The van der Waals surface area contributed by atoms with Gasteiger partial charge in [0, 0.05) is 42.2 Å². The van der Waals surface area contributed by atoms with Crippen molar-refractivity contribution in [3.63, 3.8) is 0 Å². The highest BCUT2D eigenvalue weighted by Gasteiger charge is 2.28. The van der Waals surface area contributed by atoms with Gasteiger partial charge in [-0.25, -0.2) is 0 Å². The monoisotopic (exact) mass is 487 g/mol. The van der Waals surface area contributed by atoms with Crippen molar-refractivity contribution in [1.29, 1.82) is 0 Å². The number of fused-ring (bicyclic) bond motifs is 1.